The van der Waals surface area contributed by atoms with E-state index in [1.807, 2.05) is 12.1 Å². The highest BCUT2D eigenvalue weighted by Crippen LogP contribution is 2.21. The number of rotatable bonds is 10. The largest absolute Gasteiger partial charge is 0.383 e. The van der Waals surface area contributed by atoms with Gasteiger partial charge in [0.15, 0.2) is 5.96 Å². The number of nitrogens with one attached hydrogen (secondary N) is 3. The lowest BCUT2D eigenvalue weighted by Gasteiger charge is -2.35. The van der Waals surface area contributed by atoms with Gasteiger partial charge in [-0.25, -0.2) is 4.39 Å². The van der Waals surface area contributed by atoms with Crippen molar-refractivity contribution < 1.29 is 13.9 Å². The van der Waals surface area contributed by atoms with Crippen LogP contribution in [0.3, 0.4) is 0 Å². The summed E-state index contributed by atoms with van der Waals surface area (Å²) in [4.78, 5) is 6.73. The SMILES string of the molecule is CN=C(NCc1ccc(NCCOC)cc1)NCC(c1ccc(F)cc1)N1CCOCC1.I. The van der Waals surface area contributed by atoms with E-state index in [0.29, 0.717) is 32.9 Å². The predicted molar refractivity (Wildman–Crippen MR) is 142 cm³/mol. The maximum absolute atomic E-state index is 13.4. The summed E-state index contributed by atoms with van der Waals surface area (Å²) in [5.74, 6) is 0.507. The number of guanidine groups is 1. The van der Waals surface area contributed by atoms with Gasteiger partial charge in [0.25, 0.3) is 0 Å². The number of methoxy groups -OCH3 is 1. The van der Waals surface area contributed by atoms with Crippen molar-refractivity contribution in [2.75, 3.05) is 65.5 Å². The molecule has 1 aliphatic rings. The van der Waals surface area contributed by atoms with Gasteiger partial charge >= 0.3 is 0 Å². The van der Waals surface area contributed by atoms with Crippen molar-refractivity contribution in [3.8, 4) is 0 Å². The van der Waals surface area contributed by atoms with Gasteiger partial charge in [0.1, 0.15) is 5.82 Å². The smallest absolute Gasteiger partial charge is 0.191 e. The number of hydrogen-bond acceptors (Lipinski definition) is 5. The van der Waals surface area contributed by atoms with E-state index in [1.54, 1.807) is 14.2 Å². The standard InChI is InChI=1S/C24H34FN5O2.HI/c1-26-24(28-17-19-3-9-22(10-4-19)27-11-14-31-2)29-18-23(30-12-15-32-16-13-30)20-5-7-21(25)8-6-20;/h3-10,23,27H,11-18H2,1-2H3,(H2,26,28,29);1H. The molecule has 182 valence electrons. The van der Waals surface area contributed by atoms with Gasteiger partial charge < -0.3 is 25.4 Å². The fourth-order valence-electron chi connectivity index (χ4n) is 3.67. The van der Waals surface area contributed by atoms with Crippen LogP contribution in [0.2, 0.25) is 0 Å². The molecule has 0 spiro atoms. The summed E-state index contributed by atoms with van der Waals surface area (Å²) in [6, 6.07) is 15.2. The molecule has 7 nitrogen and oxygen atoms in total. The molecule has 3 N–H and O–H groups in total. The molecule has 2 aromatic rings. The van der Waals surface area contributed by atoms with Crippen molar-refractivity contribution >= 4 is 35.6 Å². The molecule has 3 rings (SSSR count). The Morgan fingerprint density at radius 3 is 2.42 bits per heavy atom. The second-order valence-electron chi connectivity index (χ2n) is 7.64. The van der Waals surface area contributed by atoms with E-state index < -0.39 is 0 Å². The molecule has 9 heteroatoms. The summed E-state index contributed by atoms with van der Waals surface area (Å²) in [6.07, 6.45) is 0. The van der Waals surface area contributed by atoms with Crippen molar-refractivity contribution in [1.82, 2.24) is 15.5 Å². The number of halogens is 2. The van der Waals surface area contributed by atoms with Crippen LogP contribution in [-0.2, 0) is 16.0 Å². The number of ether oxygens (including phenoxy) is 2. The number of nitrogens with zero attached hydrogens (tertiary/aromatic N) is 2. The van der Waals surface area contributed by atoms with Crippen molar-refractivity contribution in [1.29, 1.82) is 0 Å². The van der Waals surface area contributed by atoms with Gasteiger partial charge in [-0.3, -0.25) is 9.89 Å². The van der Waals surface area contributed by atoms with Crippen LogP contribution in [0, 0.1) is 5.82 Å². The fraction of sp³-hybridized carbons (Fsp3) is 0.458. The molecule has 2 aromatic carbocycles. The summed E-state index contributed by atoms with van der Waals surface area (Å²) >= 11 is 0. The predicted octanol–water partition coefficient (Wildman–Crippen LogP) is 3.24. The Morgan fingerprint density at radius 1 is 1.09 bits per heavy atom. The van der Waals surface area contributed by atoms with Crippen LogP contribution in [0.4, 0.5) is 10.1 Å². The zero-order valence-corrected chi connectivity index (χ0v) is 21.7. The van der Waals surface area contributed by atoms with Crippen LogP contribution < -0.4 is 16.0 Å². The zero-order chi connectivity index (χ0) is 22.6. The Bertz CT molecular complexity index is 830. The van der Waals surface area contributed by atoms with Gasteiger partial charge in [0.05, 0.1) is 25.9 Å². The third kappa shape index (κ3) is 9.07. The Labute approximate surface area is 213 Å². The monoisotopic (exact) mass is 571 g/mol. The molecule has 1 unspecified atom stereocenters. The van der Waals surface area contributed by atoms with E-state index in [1.165, 1.54) is 12.1 Å². The first-order valence-electron chi connectivity index (χ1n) is 11.0. The highest BCUT2D eigenvalue weighted by atomic mass is 127. The second-order valence-corrected chi connectivity index (χ2v) is 7.64. The van der Waals surface area contributed by atoms with Gasteiger partial charge in [-0.15, -0.1) is 24.0 Å². The van der Waals surface area contributed by atoms with Crippen LogP contribution in [0.15, 0.2) is 53.5 Å². The highest BCUT2D eigenvalue weighted by Gasteiger charge is 2.23. The van der Waals surface area contributed by atoms with Gasteiger partial charge in [-0.2, -0.15) is 0 Å². The zero-order valence-electron chi connectivity index (χ0n) is 19.4. The van der Waals surface area contributed by atoms with Crippen LogP contribution in [0.1, 0.15) is 17.2 Å². The normalized spacial score (nSPS) is 15.4. The van der Waals surface area contributed by atoms with Gasteiger partial charge in [0.2, 0.25) is 0 Å². The summed E-state index contributed by atoms with van der Waals surface area (Å²) < 4.78 is 24.0. The molecule has 1 aliphatic heterocycles. The Balaban J connectivity index is 0.00000385. The molecule has 1 heterocycles. The Hall–Kier alpha value is -1.95. The van der Waals surface area contributed by atoms with E-state index in [9.17, 15) is 4.39 Å². The maximum atomic E-state index is 13.4. The number of morpholine rings is 1. The molecule has 0 radical (unpaired) electrons. The maximum Gasteiger partial charge on any atom is 0.191 e. The first-order chi connectivity index (χ1) is 15.7. The van der Waals surface area contributed by atoms with Gasteiger partial charge in [-0.05, 0) is 35.4 Å². The number of hydrogen-bond donors (Lipinski definition) is 3. The average Bonchev–Trinajstić information content (AvgIpc) is 2.84. The van der Waals surface area contributed by atoms with Crippen LogP contribution in [0.25, 0.3) is 0 Å². The number of aliphatic imine (C=N–C) groups is 1. The molecular formula is C24H35FIN5O2. The topological polar surface area (TPSA) is 70.2 Å². The minimum absolute atomic E-state index is 0. The lowest BCUT2D eigenvalue weighted by atomic mass is 10.0. The number of benzene rings is 2. The molecule has 33 heavy (non-hydrogen) atoms. The minimum Gasteiger partial charge on any atom is -0.383 e. The fourth-order valence-corrected chi connectivity index (χ4v) is 3.67. The second kappa shape index (κ2) is 15.0. The highest BCUT2D eigenvalue weighted by molar-refractivity contribution is 14.0. The summed E-state index contributed by atoms with van der Waals surface area (Å²) in [6.45, 7) is 5.89. The van der Waals surface area contributed by atoms with Crippen molar-refractivity contribution in [3.05, 3.63) is 65.5 Å². The van der Waals surface area contributed by atoms with Crippen LogP contribution in [0.5, 0.6) is 0 Å². The van der Waals surface area contributed by atoms with Crippen molar-refractivity contribution in [2.24, 2.45) is 4.99 Å². The van der Waals surface area contributed by atoms with Crippen molar-refractivity contribution in [2.45, 2.75) is 12.6 Å². The summed E-state index contributed by atoms with van der Waals surface area (Å²) in [5.41, 5.74) is 3.31. The van der Waals surface area contributed by atoms with E-state index in [0.717, 1.165) is 42.4 Å². The molecule has 0 saturated carbocycles. The molecule has 1 fully saturated rings. The molecular weight excluding hydrogens is 536 g/mol. The lowest BCUT2D eigenvalue weighted by Crippen LogP contribution is -2.46. The molecule has 0 bridgehead atoms. The third-order valence-electron chi connectivity index (χ3n) is 5.48. The van der Waals surface area contributed by atoms with Crippen molar-refractivity contribution in [3.63, 3.8) is 0 Å². The van der Waals surface area contributed by atoms with E-state index >= 15 is 0 Å². The molecule has 0 aliphatic carbocycles. The summed E-state index contributed by atoms with van der Waals surface area (Å²) in [5, 5.41) is 10.1. The lowest BCUT2D eigenvalue weighted by molar-refractivity contribution is 0.0170. The molecule has 1 atom stereocenters. The first-order valence-corrected chi connectivity index (χ1v) is 11.0. The molecule has 0 aromatic heterocycles. The van der Waals surface area contributed by atoms with Gasteiger partial charge in [0, 0.05) is 52.6 Å². The minimum atomic E-state index is -0.222. The van der Waals surface area contributed by atoms with Crippen LogP contribution >= 0.6 is 24.0 Å². The third-order valence-corrected chi connectivity index (χ3v) is 5.48. The number of anilines is 1. The quantitative estimate of drug-likeness (QED) is 0.176. The van der Waals surface area contributed by atoms with E-state index in [2.05, 4.69) is 50.1 Å². The summed E-state index contributed by atoms with van der Waals surface area (Å²) in [7, 11) is 3.46. The van der Waals surface area contributed by atoms with Gasteiger partial charge in [-0.1, -0.05) is 24.3 Å². The Morgan fingerprint density at radius 2 is 1.79 bits per heavy atom. The first kappa shape index (κ1) is 27.3. The van der Waals surface area contributed by atoms with E-state index in [-0.39, 0.29) is 35.8 Å². The van der Waals surface area contributed by atoms with E-state index in [4.69, 9.17) is 9.47 Å². The molecule has 0 amide bonds. The van der Waals surface area contributed by atoms with Crippen LogP contribution in [-0.4, -0.2) is 71.0 Å². The Kier molecular flexibility index (Phi) is 12.4. The molecule has 1 saturated heterocycles. The average molecular weight is 571 g/mol.